The van der Waals surface area contributed by atoms with E-state index in [0.29, 0.717) is 32.2 Å². The van der Waals surface area contributed by atoms with Crippen LogP contribution in [-0.2, 0) is 11.3 Å². The third-order valence-electron chi connectivity index (χ3n) is 7.21. The lowest BCUT2D eigenvalue weighted by Crippen LogP contribution is -2.42. The molecule has 0 unspecified atom stereocenters. The molecule has 0 aliphatic carbocycles. The van der Waals surface area contributed by atoms with Crippen LogP contribution in [0.4, 0.5) is 4.79 Å². The van der Waals surface area contributed by atoms with Crippen LogP contribution in [0.1, 0.15) is 67.2 Å². The molecule has 38 heavy (non-hydrogen) atoms. The summed E-state index contributed by atoms with van der Waals surface area (Å²) >= 11 is 0. The number of carbonyl (C=O) groups excluding carboxylic acids is 1. The zero-order chi connectivity index (χ0) is 26.6. The van der Waals surface area contributed by atoms with Gasteiger partial charge in [-0.2, -0.15) is 5.10 Å². The van der Waals surface area contributed by atoms with Crippen molar-refractivity contribution in [3.8, 4) is 11.5 Å². The first-order valence-electron chi connectivity index (χ1n) is 13.5. The van der Waals surface area contributed by atoms with Gasteiger partial charge in [-0.3, -0.25) is 0 Å². The lowest BCUT2D eigenvalue weighted by Gasteiger charge is -2.31. The molecule has 198 valence electrons. The fourth-order valence-electron chi connectivity index (χ4n) is 5.18. The molecule has 1 aliphatic heterocycles. The van der Waals surface area contributed by atoms with E-state index in [1.165, 1.54) is 5.56 Å². The van der Waals surface area contributed by atoms with Gasteiger partial charge < -0.3 is 19.5 Å². The van der Waals surface area contributed by atoms with Crippen molar-refractivity contribution in [1.82, 2.24) is 24.6 Å². The van der Waals surface area contributed by atoms with Crippen LogP contribution in [0.25, 0.3) is 11.5 Å². The van der Waals surface area contributed by atoms with E-state index < -0.39 is 0 Å². The van der Waals surface area contributed by atoms with Crippen molar-refractivity contribution < 1.29 is 9.53 Å². The molecule has 2 aromatic heterocycles. The van der Waals surface area contributed by atoms with Gasteiger partial charge in [0.1, 0.15) is 5.82 Å². The SMILES string of the molecule is CCOCCCNC(=O)N1Cc2c(C)nn(-c3ccccc3)c2-n2cccc2[C@@H]1c1ccc(C(C)C)cc1. The monoisotopic (exact) mass is 511 g/mol. The molecule has 0 radical (unpaired) electrons. The predicted octanol–water partition coefficient (Wildman–Crippen LogP) is 6.14. The van der Waals surface area contributed by atoms with Crippen molar-refractivity contribution in [2.24, 2.45) is 0 Å². The third kappa shape index (κ3) is 4.98. The van der Waals surface area contributed by atoms with Crippen molar-refractivity contribution in [3.05, 3.63) is 101 Å². The Bertz CT molecular complexity index is 1370. The number of fused-ring (bicyclic) bond motifs is 3. The van der Waals surface area contributed by atoms with Crippen molar-refractivity contribution in [1.29, 1.82) is 0 Å². The Labute approximate surface area is 225 Å². The predicted molar refractivity (Wildman–Crippen MR) is 150 cm³/mol. The lowest BCUT2D eigenvalue weighted by atomic mass is 9.97. The molecule has 7 heteroatoms. The molecule has 0 saturated carbocycles. The Kier molecular flexibility index (Phi) is 7.65. The van der Waals surface area contributed by atoms with Crippen LogP contribution in [0.3, 0.4) is 0 Å². The minimum Gasteiger partial charge on any atom is -0.382 e. The number of hydrogen-bond acceptors (Lipinski definition) is 3. The van der Waals surface area contributed by atoms with E-state index in [-0.39, 0.29) is 12.1 Å². The molecule has 1 atom stereocenters. The largest absolute Gasteiger partial charge is 0.382 e. The van der Waals surface area contributed by atoms with E-state index in [4.69, 9.17) is 9.84 Å². The second kappa shape index (κ2) is 11.3. The molecule has 1 aliphatic rings. The van der Waals surface area contributed by atoms with Crippen molar-refractivity contribution in [3.63, 3.8) is 0 Å². The molecule has 7 nitrogen and oxygen atoms in total. The molecule has 0 bridgehead atoms. The highest BCUT2D eigenvalue weighted by Gasteiger charge is 2.35. The van der Waals surface area contributed by atoms with Gasteiger partial charge in [0, 0.05) is 31.5 Å². The summed E-state index contributed by atoms with van der Waals surface area (Å²) in [6, 6.07) is 22.7. The van der Waals surface area contributed by atoms with E-state index in [9.17, 15) is 4.79 Å². The van der Waals surface area contributed by atoms with Crippen LogP contribution < -0.4 is 5.32 Å². The smallest absolute Gasteiger partial charge is 0.318 e. The first-order chi connectivity index (χ1) is 18.5. The van der Waals surface area contributed by atoms with Gasteiger partial charge in [0.05, 0.1) is 29.7 Å². The molecule has 2 aromatic carbocycles. The zero-order valence-electron chi connectivity index (χ0n) is 22.7. The number of ether oxygens (including phenoxy) is 1. The summed E-state index contributed by atoms with van der Waals surface area (Å²) in [4.78, 5) is 15.8. The van der Waals surface area contributed by atoms with Gasteiger partial charge in [-0.1, -0.05) is 56.3 Å². The second-order valence-electron chi connectivity index (χ2n) is 10.1. The molecule has 0 spiro atoms. The van der Waals surface area contributed by atoms with Crippen LogP contribution in [0, 0.1) is 6.92 Å². The Morgan fingerprint density at radius 2 is 1.84 bits per heavy atom. The normalized spacial score (nSPS) is 14.8. The van der Waals surface area contributed by atoms with Crippen LogP contribution in [-0.4, -0.2) is 45.0 Å². The number of benzene rings is 2. The Balaban J connectivity index is 1.60. The topological polar surface area (TPSA) is 64.3 Å². The third-order valence-corrected chi connectivity index (χ3v) is 7.21. The maximum absolute atomic E-state index is 13.8. The molecule has 4 aromatic rings. The van der Waals surface area contributed by atoms with Crippen molar-refractivity contribution in [2.45, 2.75) is 52.6 Å². The highest BCUT2D eigenvalue weighted by Crippen LogP contribution is 2.38. The summed E-state index contributed by atoms with van der Waals surface area (Å²) in [5.41, 5.74) is 6.33. The molecular formula is C31H37N5O2. The maximum Gasteiger partial charge on any atom is 0.318 e. The van der Waals surface area contributed by atoms with E-state index in [1.54, 1.807) is 0 Å². The molecular weight excluding hydrogens is 474 g/mol. The number of nitrogens with zero attached hydrogens (tertiary/aromatic N) is 4. The minimum atomic E-state index is -0.255. The number of nitrogens with one attached hydrogen (secondary N) is 1. The number of hydrogen-bond donors (Lipinski definition) is 1. The molecule has 2 amide bonds. The number of carbonyl (C=O) groups is 1. The van der Waals surface area contributed by atoms with Crippen LogP contribution >= 0.6 is 0 Å². The Morgan fingerprint density at radius 1 is 1.08 bits per heavy atom. The summed E-state index contributed by atoms with van der Waals surface area (Å²) < 4.78 is 9.66. The molecule has 0 fully saturated rings. The minimum absolute atomic E-state index is 0.0908. The van der Waals surface area contributed by atoms with Gasteiger partial charge in [-0.05, 0) is 61.6 Å². The van der Waals surface area contributed by atoms with E-state index in [0.717, 1.165) is 40.4 Å². The first-order valence-corrected chi connectivity index (χ1v) is 13.5. The standard InChI is InChI=1S/C31H37N5O2/c1-5-38-20-10-18-32-31(37)35-21-27-23(4)33-36(26-11-7-6-8-12-26)30(27)34-19-9-13-28(34)29(35)25-16-14-24(15-17-25)22(2)3/h6-9,11-17,19,22,29H,5,10,18,20-21H2,1-4H3,(H,32,37)/t29-/m0/s1. The first kappa shape index (κ1) is 25.8. The van der Waals surface area contributed by atoms with Crippen LogP contribution in [0.2, 0.25) is 0 Å². The average Bonchev–Trinajstić information content (AvgIpc) is 3.49. The number of aromatic nitrogens is 3. The molecule has 3 heterocycles. The second-order valence-corrected chi connectivity index (χ2v) is 10.1. The van der Waals surface area contributed by atoms with Crippen molar-refractivity contribution >= 4 is 6.03 Å². The average molecular weight is 512 g/mol. The fourth-order valence-corrected chi connectivity index (χ4v) is 5.18. The van der Waals surface area contributed by atoms with Gasteiger partial charge in [-0.15, -0.1) is 0 Å². The van der Waals surface area contributed by atoms with Gasteiger partial charge in [0.15, 0.2) is 0 Å². The number of urea groups is 1. The Hall–Kier alpha value is -3.84. The van der Waals surface area contributed by atoms with Gasteiger partial charge in [0.25, 0.3) is 0 Å². The fraction of sp³-hybridized carbons (Fsp3) is 0.355. The van der Waals surface area contributed by atoms with Crippen LogP contribution in [0.5, 0.6) is 0 Å². The molecule has 5 rings (SSSR count). The van der Waals surface area contributed by atoms with Gasteiger partial charge in [-0.25, -0.2) is 9.48 Å². The highest BCUT2D eigenvalue weighted by atomic mass is 16.5. The summed E-state index contributed by atoms with van der Waals surface area (Å²) in [6.45, 7) is 10.7. The van der Waals surface area contributed by atoms with Crippen molar-refractivity contribution in [2.75, 3.05) is 19.8 Å². The van der Waals surface area contributed by atoms with E-state index in [2.05, 4.69) is 78.5 Å². The Morgan fingerprint density at radius 3 is 2.55 bits per heavy atom. The summed E-state index contributed by atoms with van der Waals surface area (Å²) in [7, 11) is 0. The van der Waals surface area contributed by atoms with Gasteiger partial charge >= 0.3 is 6.03 Å². The molecule has 1 N–H and O–H groups in total. The van der Waals surface area contributed by atoms with Gasteiger partial charge in [0.2, 0.25) is 0 Å². The lowest BCUT2D eigenvalue weighted by molar-refractivity contribution is 0.143. The number of para-hydroxylation sites is 1. The summed E-state index contributed by atoms with van der Waals surface area (Å²) in [5.74, 6) is 1.42. The number of rotatable bonds is 8. The summed E-state index contributed by atoms with van der Waals surface area (Å²) in [5, 5.41) is 8.07. The van der Waals surface area contributed by atoms with E-state index >= 15 is 0 Å². The zero-order valence-corrected chi connectivity index (χ0v) is 22.7. The number of aryl methyl sites for hydroxylation is 1. The van der Waals surface area contributed by atoms with E-state index in [1.807, 2.05) is 41.6 Å². The van der Waals surface area contributed by atoms with Crippen LogP contribution in [0.15, 0.2) is 72.9 Å². The number of amides is 2. The maximum atomic E-state index is 13.8. The highest BCUT2D eigenvalue weighted by molar-refractivity contribution is 5.76. The quantitative estimate of drug-likeness (QED) is 0.289. The summed E-state index contributed by atoms with van der Waals surface area (Å²) in [6.07, 6.45) is 2.85. The molecule has 0 saturated heterocycles.